The van der Waals surface area contributed by atoms with Crippen molar-refractivity contribution in [3.63, 3.8) is 0 Å². The summed E-state index contributed by atoms with van der Waals surface area (Å²) in [6.07, 6.45) is 3.58. The molecule has 0 amide bonds. The van der Waals surface area contributed by atoms with E-state index in [1.54, 1.807) is 6.26 Å². The Balaban J connectivity index is 1.95. The van der Waals surface area contributed by atoms with Crippen LogP contribution >= 0.6 is 15.9 Å². The normalized spacial score (nSPS) is 11.2. The molecule has 3 heterocycles. The molecule has 0 radical (unpaired) electrons. The molecule has 3 aromatic heterocycles. The Kier molecular flexibility index (Phi) is 3.04. The Morgan fingerprint density at radius 1 is 1.09 bits per heavy atom. The SMILES string of the molecule is Cc1nnc(-c2ccco2)c2cn(-c3ccc(Br)cc3)nc12. The van der Waals surface area contributed by atoms with Crippen molar-refractivity contribution in [1.29, 1.82) is 0 Å². The standard InChI is InChI=1S/C16H11BrN4O/c1-10-15-13(16(19-18-10)14-3-2-8-22-14)9-21(20-15)12-6-4-11(17)5-7-12/h2-9H,1H3. The molecule has 0 N–H and O–H groups in total. The highest BCUT2D eigenvalue weighted by molar-refractivity contribution is 9.10. The molecule has 5 nitrogen and oxygen atoms in total. The topological polar surface area (TPSA) is 56.7 Å². The lowest BCUT2D eigenvalue weighted by molar-refractivity contribution is 0.579. The Bertz CT molecular complexity index is 942. The summed E-state index contributed by atoms with van der Waals surface area (Å²) < 4.78 is 8.32. The van der Waals surface area contributed by atoms with Gasteiger partial charge in [0.2, 0.25) is 0 Å². The fourth-order valence-corrected chi connectivity index (χ4v) is 2.63. The molecule has 0 aliphatic rings. The van der Waals surface area contributed by atoms with E-state index in [0.29, 0.717) is 11.5 Å². The molecule has 0 bridgehead atoms. The van der Waals surface area contributed by atoms with Gasteiger partial charge in [0.15, 0.2) is 5.76 Å². The van der Waals surface area contributed by atoms with Gasteiger partial charge in [-0.2, -0.15) is 10.2 Å². The van der Waals surface area contributed by atoms with Crippen molar-refractivity contribution in [2.75, 3.05) is 0 Å². The first kappa shape index (κ1) is 13.2. The molecule has 6 heteroatoms. The van der Waals surface area contributed by atoms with Gasteiger partial charge in [0, 0.05) is 10.7 Å². The van der Waals surface area contributed by atoms with Crippen LogP contribution < -0.4 is 0 Å². The molecule has 0 atom stereocenters. The number of hydrogen-bond acceptors (Lipinski definition) is 4. The van der Waals surface area contributed by atoms with Gasteiger partial charge in [0.05, 0.1) is 23.0 Å². The van der Waals surface area contributed by atoms with Crippen molar-refractivity contribution >= 4 is 26.8 Å². The van der Waals surface area contributed by atoms with Crippen LogP contribution in [0.25, 0.3) is 28.0 Å². The van der Waals surface area contributed by atoms with Gasteiger partial charge in [0.1, 0.15) is 11.2 Å². The van der Waals surface area contributed by atoms with Crippen LogP contribution in [0.5, 0.6) is 0 Å². The van der Waals surface area contributed by atoms with Crippen molar-refractivity contribution in [3.05, 3.63) is 59.0 Å². The molecular formula is C16H11BrN4O. The lowest BCUT2D eigenvalue weighted by Crippen LogP contribution is -1.94. The monoisotopic (exact) mass is 354 g/mol. The molecule has 22 heavy (non-hydrogen) atoms. The zero-order chi connectivity index (χ0) is 15.1. The number of nitrogens with zero attached hydrogens (tertiary/aromatic N) is 4. The molecular weight excluding hydrogens is 344 g/mol. The Morgan fingerprint density at radius 2 is 1.91 bits per heavy atom. The number of fused-ring (bicyclic) bond motifs is 1. The van der Waals surface area contributed by atoms with Crippen LogP contribution in [0.4, 0.5) is 0 Å². The van der Waals surface area contributed by atoms with Gasteiger partial charge in [-0.15, -0.1) is 5.10 Å². The number of benzene rings is 1. The molecule has 4 rings (SSSR count). The summed E-state index contributed by atoms with van der Waals surface area (Å²) in [5.41, 5.74) is 3.30. The number of aryl methyl sites for hydroxylation is 1. The highest BCUT2D eigenvalue weighted by atomic mass is 79.9. The second kappa shape index (κ2) is 5.06. The predicted octanol–water partition coefficient (Wildman–Crippen LogP) is 4.15. The van der Waals surface area contributed by atoms with Crippen molar-refractivity contribution in [3.8, 4) is 17.1 Å². The second-order valence-corrected chi connectivity index (χ2v) is 5.84. The lowest BCUT2D eigenvalue weighted by atomic mass is 10.2. The summed E-state index contributed by atoms with van der Waals surface area (Å²) in [5, 5.41) is 14.0. The van der Waals surface area contributed by atoms with Crippen LogP contribution in [0.2, 0.25) is 0 Å². The quantitative estimate of drug-likeness (QED) is 0.542. The average molecular weight is 355 g/mol. The van der Waals surface area contributed by atoms with Gasteiger partial charge in [-0.1, -0.05) is 15.9 Å². The van der Waals surface area contributed by atoms with Gasteiger partial charge in [-0.25, -0.2) is 4.68 Å². The first-order valence-corrected chi connectivity index (χ1v) is 7.54. The van der Waals surface area contributed by atoms with Gasteiger partial charge >= 0.3 is 0 Å². The Hall–Kier alpha value is -2.47. The van der Waals surface area contributed by atoms with Crippen LogP contribution in [-0.2, 0) is 0 Å². The van der Waals surface area contributed by atoms with Crippen molar-refractivity contribution in [2.24, 2.45) is 0 Å². The van der Waals surface area contributed by atoms with E-state index in [0.717, 1.165) is 26.8 Å². The van der Waals surface area contributed by atoms with E-state index >= 15 is 0 Å². The summed E-state index contributed by atoms with van der Waals surface area (Å²) in [4.78, 5) is 0. The van der Waals surface area contributed by atoms with E-state index in [9.17, 15) is 0 Å². The largest absolute Gasteiger partial charge is 0.463 e. The molecule has 0 aliphatic carbocycles. The summed E-state index contributed by atoms with van der Waals surface area (Å²) >= 11 is 3.44. The summed E-state index contributed by atoms with van der Waals surface area (Å²) in [6, 6.07) is 11.7. The number of furan rings is 1. The molecule has 0 saturated carbocycles. The van der Waals surface area contributed by atoms with Gasteiger partial charge in [0.25, 0.3) is 0 Å². The maximum absolute atomic E-state index is 5.45. The van der Waals surface area contributed by atoms with Crippen molar-refractivity contribution in [1.82, 2.24) is 20.0 Å². The number of hydrogen-bond donors (Lipinski definition) is 0. The minimum absolute atomic E-state index is 0.688. The second-order valence-electron chi connectivity index (χ2n) is 4.92. The fourth-order valence-electron chi connectivity index (χ4n) is 2.36. The van der Waals surface area contributed by atoms with E-state index < -0.39 is 0 Å². The van der Waals surface area contributed by atoms with Crippen molar-refractivity contribution in [2.45, 2.75) is 6.92 Å². The number of rotatable bonds is 2. The summed E-state index contributed by atoms with van der Waals surface area (Å²) in [5.74, 6) is 0.688. The Labute approximate surface area is 134 Å². The minimum Gasteiger partial charge on any atom is -0.463 e. The highest BCUT2D eigenvalue weighted by Gasteiger charge is 2.15. The Morgan fingerprint density at radius 3 is 2.64 bits per heavy atom. The number of aromatic nitrogens is 4. The summed E-state index contributed by atoms with van der Waals surface area (Å²) in [7, 11) is 0. The number of halogens is 1. The van der Waals surface area contributed by atoms with E-state index in [4.69, 9.17) is 4.42 Å². The molecule has 0 unspecified atom stereocenters. The zero-order valence-corrected chi connectivity index (χ0v) is 13.3. The van der Waals surface area contributed by atoms with E-state index in [1.165, 1.54) is 0 Å². The third kappa shape index (κ3) is 2.12. The lowest BCUT2D eigenvalue weighted by Gasteiger charge is -1.99. The van der Waals surface area contributed by atoms with Gasteiger partial charge in [-0.05, 0) is 43.3 Å². The van der Waals surface area contributed by atoms with Crippen LogP contribution in [0.1, 0.15) is 5.69 Å². The van der Waals surface area contributed by atoms with E-state index in [2.05, 4.69) is 31.2 Å². The molecule has 0 saturated heterocycles. The molecule has 0 spiro atoms. The highest BCUT2D eigenvalue weighted by Crippen LogP contribution is 2.28. The first-order valence-electron chi connectivity index (χ1n) is 6.75. The molecule has 108 valence electrons. The van der Waals surface area contributed by atoms with Crippen LogP contribution in [-0.4, -0.2) is 20.0 Å². The molecule has 0 aliphatic heterocycles. The van der Waals surface area contributed by atoms with Crippen molar-refractivity contribution < 1.29 is 4.42 Å². The van der Waals surface area contributed by atoms with Crippen LogP contribution in [0, 0.1) is 6.92 Å². The van der Waals surface area contributed by atoms with E-state index in [1.807, 2.05) is 54.2 Å². The predicted molar refractivity (Wildman–Crippen MR) is 86.8 cm³/mol. The van der Waals surface area contributed by atoms with Crippen LogP contribution in [0.15, 0.2) is 57.7 Å². The third-order valence-corrected chi connectivity index (χ3v) is 3.99. The maximum Gasteiger partial charge on any atom is 0.154 e. The molecule has 4 aromatic rings. The zero-order valence-electron chi connectivity index (χ0n) is 11.7. The van der Waals surface area contributed by atoms with Gasteiger partial charge in [-0.3, -0.25) is 0 Å². The van der Waals surface area contributed by atoms with E-state index in [-0.39, 0.29) is 0 Å². The first-order chi connectivity index (χ1) is 10.7. The third-order valence-electron chi connectivity index (χ3n) is 3.46. The summed E-state index contributed by atoms with van der Waals surface area (Å²) in [6.45, 7) is 1.90. The molecule has 1 aromatic carbocycles. The maximum atomic E-state index is 5.45. The van der Waals surface area contributed by atoms with Gasteiger partial charge < -0.3 is 4.42 Å². The average Bonchev–Trinajstić information content (AvgIpc) is 3.18. The minimum atomic E-state index is 0.688. The van der Waals surface area contributed by atoms with Crippen LogP contribution in [0.3, 0.4) is 0 Å². The molecule has 0 fully saturated rings. The fraction of sp³-hybridized carbons (Fsp3) is 0.0625. The smallest absolute Gasteiger partial charge is 0.154 e.